The minimum absolute atomic E-state index is 0.0893. The number of carbonyl (C=O) groups excluding carboxylic acids is 1. The Kier molecular flexibility index (Phi) is 4.59. The number of hydrazone groups is 1. The van der Waals surface area contributed by atoms with Crippen LogP contribution in [-0.4, -0.2) is 38.7 Å². The molecular formula is C15H17N7O2. The zero-order chi connectivity index (χ0) is 16.9. The summed E-state index contributed by atoms with van der Waals surface area (Å²) in [6.45, 7) is 0. The van der Waals surface area contributed by atoms with E-state index < -0.39 is 0 Å². The van der Waals surface area contributed by atoms with Crippen LogP contribution in [0.2, 0.25) is 0 Å². The highest BCUT2D eigenvalue weighted by Crippen LogP contribution is 2.31. The number of anilines is 1. The number of amides is 1. The molecule has 124 valence electrons. The number of nitrogens with zero attached hydrogens (tertiary/aromatic N) is 5. The molecule has 1 amide bonds. The molecule has 9 nitrogen and oxygen atoms in total. The van der Waals surface area contributed by atoms with Gasteiger partial charge in [0.15, 0.2) is 0 Å². The van der Waals surface area contributed by atoms with E-state index in [-0.39, 0.29) is 17.9 Å². The van der Waals surface area contributed by atoms with E-state index in [0.29, 0.717) is 23.7 Å². The van der Waals surface area contributed by atoms with Gasteiger partial charge < -0.3 is 10.5 Å². The summed E-state index contributed by atoms with van der Waals surface area (Å²) in [4.78, 5) is 28.1. The standard InChI is InChI=1S/C15H17N7O2/c1-24-15-19-12(18-14(16)20-15)7-11(9-4-5-9)21-22-13(23)10-3-2-6-17-8-10/h2-3,6,8-9H,4-5,7H2,1H3,(H,22,23)(H2,16,18,19,20). The average molecular weight is 327 g/mol. The van der Waals surface area contributed by atoms with Crippen LogP contribution in [0, 0.1) is 5.92 Å². The van der Waals surface area contributed by atoms with Crippen LogP contribution in [0.4, 0.5) is 5.95 Å². The number of carbonyl (C=O) groups is 1. The number of methoxy groups -OCH3 is 1. The van der Waals surface area contributed by atoms with Crippen molar-refractivity contribution in [3.63, 3.8) is 0 Å². The summed E-state index contributed by atoms with van der Waals surface area (Å²) in [6, 6.07) is 3.53. The first-order chi connectivity index (χ1) is 11.7. The van der Waals surface area contributed by atoms with E-state index in [4.69, 9.17) is 10.5 Å². The van der Waals surface area contributed by atoms with Gasteiger partial charge in [0.2, 0.25) is 5.95 Å². The SMILES string of the molecule is COc1nc(N)nc(CC(=NNC(=O)c2cccnc2)C2CC2)n1. The Hall–Kier alpha value is -3.10. The molecule has 2 aromatic heterocycles. The monoisotopic (exact) mass is 327 g/mol. The summed E-state index contributed by atoms with van der Waals surface area (Å²) >= 11 is 0. The molecule has 1 aliphatic rings. The summed E-state index contributed by atoms with van der Waals surface area (Å²) in [7, 11) is 1.46. The molecule has 1 saturated carbocycles. The summed E-state index contributed by atoms with van der Waals surface area (Å²) in [5.74, 6) is 0.559. The second-order valence-electron chi connectivity index (χ2n) is 5.33. The molecule has 24 heavy (non-hydrogen) atoms. The van der Waals surface area contributed by atoms with E-state index in [0.717, 1.165) is 18.6 Å². The van der Waals surface area contributed by atoms with Crippen LogP contribution in [0.1, 0.15) is 29.0 Å². The highest BCUT2D eigenvalue weighted by Gasteiger charge is 2.29. The third kappa shape index (κ3) is 4.00. The van der Waals surface area contributed by atoms with Crippen molar-refractivity contribution in [2.45, 2.75) is 19.3 Å². The summed E-state index contributed by atoms with van der Waals surface area (Å²) in [6.07, 6.45) is 5.52. The van der Waals surface area contributed by atoms with E-state index in [1.54, 1.807) is 18.3 Å². The molecular weight excluding hydrogens is 310 g/mol. The Morgan fingerprint density at radius 2 is 2.25 bits per heavy atom. The lowest BCUT2D eigenvalue weighted by molar-refractivity contribution is 0.0954. The van der Waals surface area contributed by atoms with Crippen LogP contribution >= 0.6 is 0 Å². The number of pyridine rings is 1. The van der Waals surface area contributed by atoms with Gasteiger partial charge in [-0.2, -0.15) is 20.1 Å². The van der Waals surface area contributed by atoms with Crippen LogP contribution in [0.3, 0.4) is 0 Å². The molecule has 9 heteroatoms. The number of rotatable bonds is 6. The van der Waals surface area contributed by atoms with Crippen LogP contribution < -0.4 is 15.9 Å². The number of nitrogens with two attached hydrogens (primary N) is 1. The van der Waals surface area contributed by atoms with Crippen molar-refractivity contribution in [2.75, 3.05) is 12.8 Å². The minimum Gasteiger partial charge on any atom is -0.467 e. The Morgan fingerprint density at radius 3 is 2.92 bits per heavy atom. The first kappa shape index (κ1) is 15.8. The van der Waals surface area contributed by atoms with Gasteiger partial charge in [-0.3, -0.25) is 9.78 Å². The maximum Gasteiger partial charge on any atom is 0.321 e. The Morgan fingerprint density at radius 1 is 1.42 bits per heavy atom. The van der Waals surface area contributed by atoms with Crippen molar-refractivity contribution in [3.8, 4) is 6.01 Å². The van der Waals surface area contributed by atoms with Gasteiger partial charge in [-0.1, -0.05) is 0 Å². The van der Waals surface area contributed by atoms with E-state index in [1.165, 1.54) is 13.3 Å². The molecule has 0 bridgehead atoms. The number of ether oxygens (including phenoxy) is 1. The fraction of sp³-hybridized carbons (Fsp3) is 0.333. The molecule has 2 aromatic rings. The first-order valence-corrected chi connectivity index (χ1v) is 7.47. The molecule has 1 aliphatic carbocycles. The lowest BCUT2D eigenvalue weighted by Crippen LogP contribution is -2.22. The normalized spacial score (nSPS) is 14.3. The Bertz CT molecular complexity index is 760. The molecule has 0 saturated heterocycles. The maximum atomic E-state index is 12.1. The number of hydrogen-bond donors (Lipinski definition) is 2. The van der Waals surface area contributed by atoms with Crippen molar-refractivity contribution in [1.29, 1.82) is 0 Å². The highest BCUT2D eigenvalue weighted by atomic mass is 16.5. The molecule has 0 unspecified atom stereocenters. The molecule has 0 aliphatic heterocycles. The fourth-order valence-electron chi connectivity index (χ4n) is 2.12. The molecule has 1 fully saturated rings. The average Bonchev–Trinajstić information content (AvgIpc) is 3.43. The molecule has 0 aromatic carbocycles. The van der Waals surface area contributed by atoms with Crippen LogP contribution in [-0.2, 0) is 6.42 Å². The van der Waals surface area contributed by atoms with Crippen molar-refractivity contribution < 1.29 is 9.53 Å². The predicted octanol–water partition coefficient (Wildman–Crippen LogP) is 0.596. The number of nitrogen functional groups attached to an aromatic ring is 1. The molecule has 3 rings (SSSR count). The summed E-state index contributed by atoms with van der Waals surface area (Å²) in [5, 5.41) is 4.25. The van der Waals surface area contributed by atoms with Crippen LogP contribution in [0.5, 0.6) is 6.01 Å². The van der Waals surface area contributed by atoms with Gasteiger partial charge in [0, 0.05) is 24.5 Å². The summed E-state index contributed by atoms with van der Waals surface area (Å²) < 4.78 is 4.99. The van der Waals surface area contributed by atoms with Gasteiger partial charge in [-0.25, -0.2) is 5.43 Å². The smallest absolute Gasteiger partial charge is 0.321 e. The van der Waals surface area contributed by atoms with Gasteiger partial charge in [-0.05, 0) is 30.9 Å². The van der Waals surface area contributed by atoms with Gasteiger partial charge in [0.05, 0.1) is 12.7 Å². The molecule has 3 N–H and O–H groups in total. The van der Waals surface area contributed by atoms with Gasteiger partial charge in [-0.15, -0.1) is 0 Å². The van der Waals surface area contributed by atoms with Gasteiger partial charge in [0.25, 0.3) is 5.91 Å². The van der Waals surface area contributed by atoms with Crippen LogP contribution in [0.15, 0.2) is 29.6 Å². The Labute approximate surface area is 138 Å². The van der Waals surface area contributed by atoms with E-state index in [9.17, 15) is 4.79 Å². The predicted molar refractivity (Wildman–Crippen MR) is 86.4 cm³/mol. The molecule has 0 atom stereocenters. The Balaban J connectivity index is 1.73. The minimum atomic E-state index is -0.311. The van der Waals surface area contributed by atoms with Gasteiger partial charge >= 0.3 is 6.01 Å². The lowest BCUT2D eigenvalue weighted by Gasteiger charge is -2.07. The second-order valence-corrected chi connectivity index (χ2v) is 5.33. The third-order valence-electron chi connectivity index (χ3n) is 3.47. The summed E-state index contributed by atoms with van der Waals surface area (Å²) in [5.41, 5.74) is 9.45. The molecule has 2 heterocycles. The van der Waals surface area contributed by atoms with Crippen molar-refractivity contribution in [2.24, 2.45) is 11.0 Å². The number of hydrogen-bond acceptors (Lipinski definition) is 8. The first-order valence-electron chi connectivity index (χ1n) is 7.47. The maximum absolute atomic E-state index is 12.1. The van der Waals surface area contributed by atoms with E-state index in [2.05, 4.69) is 30.5 Å². The van der Waals surface area contributed by atoms with Crippen molar-refractivity contribution in [1.82, 2.24) is 25.4 Å². The topological polar surface area (TPSA) is 128 Å². The molecule has 0 radical (unpaired) electrons. The van der Waals surface area contributed by atoms with Crippen LogP contribution in [0.25, 0.3) is 0 Å². The largest absolute Gasteiger partial charge is 0.467 e. The molecule has 0 spiro atoms. The second kappa shape index (κ2) is 6.99. The van der Waals surface area contributed by atoms with Gasteiger partial charge in [0.1, 0.15) is 5.82 Å². The zero-order valence-electron chi connectivity index (χ0n) is 13.1. The van der Waals surface area contributed by atoms with Crippen molar-refractivity contribution in [3.05, 3.63) is 35.9 Å². The third-order valence-corrected chi connectivity index (χ3v) is 3.47. The fourth-order valence-corrected chi connectivity index (χ4v) is 2.12. The van der Waals surface area contributed by atoms with E-state index in [1.807, 2.05) is 0 Å². The number of nitrogens with one attached hydrogen (secondary N) is 1. The lowest BCUT2D eigenvalue weighted by atomic mass is 10.2. The van der Waals surface area contributed by atoms with Crippen molar-refractivity contribution >= 4 is 17.6 Å². The zero-order valence-corrected chi connectivity index (χ0v) is 13.1. The number of aromatic nitrogens is 4. The highest BCUT2D eigenvalue weighted by molar-refractivity contribution is 5.96. The quantitative estimate of drug-likeness (QED) is 0.587. The van der Waals surface area contributed by atoms with E-state index >= 15 is 0 Å².